The van der Waals surface area contributed by atoms with Gasteiger partial charge in [-0.15, -0.1) is 0 Å². The van der Waals surface area contributed by atoms with Gasteiger partial charge in [0.2, 0.25) is 5.91 Å². The van der Waals surface area contributed by atoms with Gasteiger partial charge in [0, 0.05) is 31.5 Å². The summed E-state index contributed by atoms with van der Waals surface area (Å²) in [6, 6.07) is 3.06. The first-order valence-corrected chi connectivity index (χ1v) is 9.34. The number of hydrogen-bond donors (Lipinski definition) is 1. The number of nitrogens with zero attached hydrogens (tertiary/aromatic N) is 3. The predicted octanol–water partition coefficient (Wildman–Crippen LogP) is 1.52. The number of nitrogens with one attached hydrogen (secondary N) is 1. The van der Waals surface area contributed by atoms with E-state index in [9.17, 15) is 9.59 Å². The maximum atomic E-state index is 12.9. The van der Waals surface area contributed by atoms with E-state index in [0.29, 0.717) is 24.8 Å². The van der Waals surface area contributed by atoms with E-state index in [1.54, 1.807) is 21.8 Å². The molecule has 0 radical (unpaired) electrons. The van der Waals surface area contributed by atoms with Crippen molar-refractivity contribution in [1.29, 1.82) is 0 Å². The molecule has 1 atom stereocenters. The van der Waals surface area contributed by atoms with Crippen molar-refractivity contribution in [3.05, 3.63) is 41.6 Å². The first-order chi connectivity index (χ1) is 13.1. The Morgan fingerprint density at radius 1 is 1.30 bits per heavy atom. The van der Waals surface area contributed by atoms with Crippen molar-refractivity contribution in [2.45, 2.75) is 32.4 Å². The molecule has 27 heavy (non-hydrogen) atoms. The predicted molar refractivity (Wildman–Crippen MR) is 96.0 cm³/mol. The Labute approximate surface area is 157 Å². The van der Waals surface area contributed by atoms with Gasteiger partial charge in [0.25, 0.3) is 5.91 Å². The van der Waals surface area contributed by atoms with E-state index in [2.05, 4.69) is 10.4 Å². The molecule has 0 saturated carbocycles. The SMILES string of the molecule is Cc1ccoc1C(=O)N1Cc2ccnn2[C@@H](C(=O)NCC2CCOCC2)C1. The van der Waals surface area contributed by atoms with E-state index in [1.807, 2.05) is 13.0 Å². The van der Waals surface area contributed by atoms with Gasteiger partial charge in [-0.3, -0.25) is 14.3 Å². The Kier molecular flexibility index (Phi) is 4.98. The van der Waals surface area contributed by atoms with E-state index in [-0.39, 0.29) is 18.4 Å². The fraction of sp³-hybridized carbons (Fsp3) is 0.526. The summed E-state index contributed by atoms with van der Waals surface area (Å²) in [4.78, 5) is 27.4. The first-order valence-electron chi connectivity index (χ1n) is 9.34. The fourth-order valence-electron chi connectivity index (χ4n) is 3.69. The normalized spacial score (nSPS) is 20.3. The van der Waals surface area contributed by atoms with E-state index in [1.165, 1.54) is 6.26 Å². The van der Waals surface area contributed by atoms with Crippen molar-refractivity contribution in [2.75, 3.05) is 26.3 Å². The van der Waals surface area contributed by atoms with E-state index in [0.717, 1.165) is 37.3 Å². The van der Waals surface area contributed by atoms with Gasteiger partial charge in [-0.2, -0.15) is 5.10 Å². The van der Waals surface area contributed by atoms with Crippen molar-refractivity contribution in [3.63, 3.8) is 0 Å². The molecule has 4 rings (SSSR count). The third-order valence-corrected chi connectivity index (χ3v) is 5.35. The molecule has 2 aliphatic heterocycles. The Morgan fingerprint density at radius 2 is 2.11 bits per heavy atom. The number of carbonyl (C=O) groups is 2. The topological polar surface area (TPSA) is 89.6 Å². The molecule has 8 heteroatoms. The molecule has 1 N–H and O–H groups in total. The monoisotopic (exact) mass is 372 g/mol. The van der Waals surface area contributed by atoms with Crippen molar-refractivity contribution in [2.24, 2.45) is 5.92 Å². The van der Waals surface area contributed by atoms with Gasteiger partial charge < -0.3 is 19.4 Å². The minimum Gasteiger partial charge on any atom is -0.459 e. The summed E-state index contributed by atoms with van der Waals surface area (Å²) >= 11 is 0. The molecule has 2 amide bonds. The molecule has 0 aliphatic carbocycles. The Balaban J connectivity index is 1.47. The summed E-state index contributed by atoms with van der Waals surface area (Å²) < 4.78 is 12.4. The highest BCUT2D eigenvalue weighted by atomic mass is 16.5. The smallest absolute Gasteiger partial charge is 0.290 e. The van der Waals surface area contributed by atoms with E-state index < -0.39 is 6.04 Å². The van der Waals surface area contributed by atoms with Crippen molar-refractivity contribution in [3.8, 4) is 0 Å². The molecular formula is C19H24N4O4. The van der Waals surface area contributed by atoms with E-state index in [4.69, 9.17) is 9.15 Å². The molecule has 0 unspecified atom stereocenters. The molecule has 2 aromatic rings. The van der Waals surface area contributed by atoms with Crippen LogP contribution in [0.4, 0.5) is 0 Å². The quantitative estimate of drug-likeness (QED) is 0.879. The van der Waals surface area contributed by atoms with Gasteiger partial charge in [0.05, 0.1) is 25.0 Å². The lowest BCUT2D eigenvalue weighted by Gasteiger charge is -2.33. The number of amides is 2. The Morgan fingerprint density at radius 3 is 2.85 bits per heavy atom. The van der Waals surface area contributed by atoms with Crippen LogP contribution >= 0.6 is 0 Å². The summed E-state index contributed by atoms with van der Waals surface area (Å²) in [6.07, 6.45) is 5.09. The van der Waals surface area contributed by atoms with Gasteiger partial charge >= 0.3 is 0 Å². The average Bonchev–Trinajstić information content (AvgIpc) is 3.34. The first kappa shape index (κ1) is 17.8. The molecular weight excluding hydrogens is 348 g/mol. The number of aromatic nitrogens is 2. The minimum absolute atomic E-state index is 0.111. The van der Waals surface area contributed by atoms with Gasteiger partial charge in [-0.1, -0.05) is 0 Å². The zero-order chi connectivity index (χ0) is 18.8. The summed E-state index contributed by atoms with van der Waals surface area (Å²) in [5.41, 5.74) is 1.63. The van der Waals surface area contributed by atoms with Crippen LogP contribution < -0.4 is 5.32 Å². The molecule has 2 aromatic heterocycles. The van der Waals surface area contributed by atoms with Gasteiger partial charge in [-0.05, 0) is 37.8 Å². The standard InChI is InChI=1S/C19H24N4O4/c1-13-3-9-27-17(13)19(25)22-11-15-2-6-21-23(15)16(12-22)18(24)20-10-14-4-7-26-8-5-14/h2-3,6,9,14,16H,4-5,7-8,10-12H2,1H3,(H,20,24)/t16-/m1/s1. The van der Waals surface area contributed by atoms with Crippen LogP contribution in [0.1, 0.15) is 40.7 Å². The fourth-order valence-corrected chi connectivity index (χ4v) is 3.69. The largest absolute Gasteiger partial charge is 0.459 e. The van der Waals surface area contributed by atoms with E-state index >= 15 is 0 Å². The molecule has 0 spiro atoms. The summed E-state index contributed by atoms with van der Waals surface area (Å²) in [7, 11) is 0. The molecule has 2 aliphatic rings. The molecule has 1 saturated heterocycles. The summed E-state index contributed by atoms with van der Waals surface area (Å²) in [5.74, 6) is 0.448. The van der Waals surface area contributed by atoms with Crippen LogP contribution in [0.5, 0.6) is 0 Å². The molecule has 144 valence electrons. The second kappa shape index (κ2) is 7.56. The average molecular weight is 372 g/mol. The lowest BCUT2D eigenvalue weighted by atomic mass is 10.0. The highest BCUT2D eigenvalue weighted by molar-refractivity contribution is 5.93. The van der Waals surface area contributed by atoms with Crippen LogP contribution in [-0.2, 0) is 16.1 Å². The number of carbonyl (C=O) groups excluding carboxylic acids is 2. The van der Waals surface area contributed by atoms with Gasteiger partial charge in [0.15, 0.2) is 5.76 Å². The van der Waals surface area contributed by atoms with Crippen LogP contribution in [0.25, 0.3) is 0 Å². The van der Waals surface area contributed by atoms with Crippen LogP contribution in [0.2, 0.25) is 0 Å². The minimum atomic E-state index is -0.539. The van der Waals surface area contributed by atoms with Crippen molar-refractivity contribution < 1.29 is 18.7 Å². The number of hydrogen-bond acceptors (Lipinski definition) is 5. The maximum absolute atomic E-state index is 12.9. The lowest BCUT2D eigenvalue weighted by molar-refractivity contribution is -0.126. The molecule has 4 heterocycles. The van der Waals surface area contributed by atoms with Crippen LogP contribution in [-0.4, -0.2) is 52.8 Å². The highest BCUT2D eigenvalue weighted by Gasteiger charge is 2.34. The number of aryl methyl sites for hydroxylation is 1. The third kappa shape index (κ3) is 3.62. The second-order valence-corrected chi connectivity index (χ2v) is 7.20. The molecule has 8 nitrogen and oxygen atoms in total. The van der Waals surface area contributed by atoms with Gasteiger partial charge in [-0.25, -0.2) is 0 Å². The lowest BCUT2D eigenvalue weighted by Crippen LogP contribution is -2.48. The molecule has 1 fully saturated rings. The molecule has 0 aromatic carbocycles. The third-order valence-electron chi connectivity index (χ3n) is 5.35. The maximum Gasteiger partial charge on any atom is 0.290 e. The van der Waals surface area contributed by atoms with Crippen molar-refractivity contribution >= 4 is 11.8 Å². The second-order valence-electron chi connectivity index (χ2n) is 7.20. The van der Waals surface area contributed by atoms with Crippen LogP contribution in [0.3, 0.4) is 0 Å². The summed E-state index contributed by atoms with van der Waals surface area (Å²) in [5, 5.41) is 7.34. The Hall–Kier alpha value is -2.61. The zero-order valence-corrected chi connectivity index (χ0v) is 15.4. The number of rotatable bonds is 4. The van der Waals surface area contributed by atoms with Crippen LogP contribution in [0, 0.1) is 12.8 Å². The number of furan rings is 1. The van der Waals surface area contributed by atoms with Crippen molar-refractivity contribution in [1.82, 2.24) is 20.0 Å². The van der Waals surface area contributed by atoms with Crippen LogP contribution in [0.15, 0.2) is 29.0 Å². The Bertz CT molecular complexity index is 821. The van der Waals surface area contributed by atoms with Gasteiger partial charge in [0.1, 0.15) is 6.04 Å². The molecule has 0 bridgehead atoms. The highest BCUT2D eigenvalue weighted by Crippen LogP contribution is 2.24. The number of ether oxygens (including phenoxy) is 1. The zero-order valence-electron chi connectivity index (χ0n) is 15.4. The summed E-state index contributed by atoms with van der Waals surface area (Å²) in [6.45, 7) is 4.63. The number of fused-ring (bicyclic) bond motifs is 1.